The molecule has 3 rings (SSSR count). The predicted molar refractivity (Wildman–Crippen MR) is 68.3 cm³/mol. The van der Waals surface area contributed by atoms with Gasteiger partial charge in [0, 0.05) is 5.75 Å². The first-order chi connectivity index (χ1) is 8.33. The molecule has 0 saturated carbocycles. The molecule has 0 unspecified atom stereocenters. The van der Waals surface area contributed by atoms with E-state index in [-0.39, 0.29) is 0 Å². The van der Waals surface area contributed by atoms with Crippen LogP contribution in [0.15, 0.2) is 29.4 Å². The number of nitrogens with one attached hydrogen (secondary N) is 2. The van der Waals surface area contributed by atoms with Gasteiger partial charge in [-0.15, -0.1) is 0 Å². The Morgan fingerprint density at radius 2 is 2.29 bits per heavy atom. The topological polar surface area (TPSA) is 57.8 Å². The molecule has 1 aliphatic heterocycles. The van der Waals surface area contributed by atoms with Crippen molar-refractivity contribution in [2.24, 2.45) is 5.92 Å². The molecule has 0 amide bonds. The molecule has 17 heavy (non-hydrogen) atoms. The van der Waals surface area contributed by atoms with Gasteiger partial charge in [0.25, 0.3) is 0 Å². The van der Waals surface area contributed by atoms with Crippen LogP contribution in [0.25, 0.3) is 11.0 Å². The van der Waals surface area contributed by atoms with Crippen molar-refractivity contribution in [2.45, 2.75) is 11.6 Å². The minimum absolute atomic E-state index is 0.518. The number of hydrogen-bond acceptors (Lipinski definition) is 3. The van der Waals surface area contributed by atoms with Crippen LogP contribution in [0, 0.1) is 5.92 Å². The number of benzene rings is 1. The Hall–Kier alpha value is -1.20. The third-order valence-electron chi connectivity index (χ3n) is 3.13. The third kappa shape index (κ3) is 2.25. The summed E-state index contributed by atoms with van der Waals surface area (Å²) in [6.45, 7) is 2.02. The summed E-state index contributed by atoms with van der Waals surface area (Å²) in [4.78, 5) is 7.52. The van der Waals surface area contributed by atoms with Crippen molar-refractivity contribution in [3.63, 3.8) is 0 Å². The van der Waals surface area contributed by atoms with Gasteiger partial charge in [0.1, 0.15) is 0 Å². The van der Waals surface area contributed by atoms with E-state index in [1.165, 1.54) is 0 Å². The number of aromatic nitrogens is 2. The molecule has 90 valence electrons. The lowest BCUT2D eigenvalue weighted by molar-refractivity contribution is 0.629. The number of imidazole rings is 1. The van der Waals surface area contributed by atoms with Crippen LogP contribution in [0.3, 0.4) is 0 Å². The normalized spacial score (nSPS) is 22.0. The molecular weight excluding hydrogens is 234 g/mol. The highest BCUT2D eigenvalue weighted by Crippen LogP contribution is 2.16. The highest BCUT2D eigenvalue weighted by molar-refractivity contribution is 7.84. The summed E-state index contributed by atoms with van der Waals surface area (Å²) in [5.74, 6) is 1.22. The van der Waals surface area contributed by atoms with E-state index < -0.39 is 10.8 Å². The van der Waals surface area contributed by atoms with Gasteiger partial charge < -0.3 is 10.3 Å². The Morgan fingerprint density at radius 3 is 3.06 bits per heavy atom. The van der Waals surface area contributed by atoms with E-state index >= 15 is 0 Å². The molecule has 1 fully saturated rings. The van der Waals surface area contributed by atoms with Crippen LogP contribution in [-0.4, -0.2) is 33.0 Å². The zero-order valence-electron chi connectivity index (χ0n) is 9.48. The molecule has 0 bridgehead atoms. The molecule has 0 spiro atoms. The van der Waals surface area contributed by atoms with Gasteiger partial charge in [-0.2, -0.15) is 0 Å². The minimum atomic E-state index is -1.01. The van der Waals surface area contributed by atoms with Crippen LogP contribution in [0.4, 0.5) is 0 Å². The van der Waals surface area contributed by atoms with Gasteiger partial charge in [-0.05, 0) is 37.6 Å². The molecule has 1 saturated heterocycles. The zero-order chi connectivity index (χ0) is 11.7. The third-order valence-corrected chi connectivity index (χ3v) is 4.53. The Morgan fingerprint density at radius 1 is 1.41 bits per heavy atom. The molecule has 2 aromatic rings. The van der Waals surface area contributed by atoms with Crippen LogP contribution in [0.5, 0.6) is 0 Å². The van der Waals surface area contributed by atoms with Gasteiger partial charge in [-0.25, -0.2) is 4.98 Å². The Labute approximate surface area is 102 Å². The largest absolute Gasteiger partial charge is 0.331 e. The molecule has 2 atom stereocenters. The highest BCUT2D eigenvalue weighted by atomic mass is 32.2. The molecule has 1 aromatic heterocycles. The SMILES string of the molecule is O=[S@@](C[C@@H]1CCNC1)c1nc2ccccc2[nH]1. The Bertz CT molecular complexity index is 512. The monoisotopic (exact) mass is 249 g/mol. The van der Waals surface area contributed by atoms with E-state index in [9.17, 15) is 4.21 Å². The van der Waals surface area contributed by atoms with Crippen molar-refractivity contribution in [2.75, 3.05) is 18.8 Å². The van der Waals surface area contributed by atoms with Crippen LogP contribution in [0.2, 0.25) is 0 Å². The van der Waals surface area contributed by atoms with Crippen molar-refractivity contribution < 1.29 is 4.21 Å². The van der Waals surface area contributed by atoms with Gasteiger partial charge in [0.2, 0.25) is 0 Å². The van der Waals surface area contributed by atoms with Crippen molar-refractivity contribution in [3.8, 4) is 0 Å². The van der Waals surface area contributed by atoms with Crippen LogP contribution in [0.1, 0.15) is 6.42 Å². The maximum absolute atomic E-state index is 12.2. The van der Waals surface area contributed by atoms with Crippen molar-refractivity contribution in [1.29, 1.82) is 0 Å². The van der Waals surface area contributed by atoms with E-state index in [4.69, 9.17) is 0 Å². The molecular formula is C12H15N3OS. The summed E-state index contributed by atoms with van der Waals surface area (Å²) in [5.41, 5.74) is 1.85. The van der Waals surface area contributed by atoms with E-state index in [0.29, 0.717) is 16.8 Å². The van der Waals surface area contributed by atoms with Gasteiger partial charge in [0.05, 0.1) is 21.8 Å². The number of hydrogen-bond donors (Lipinski definition) is 2. The zero-order valence-corrected chi connectivity index (χ0v) is 10.3. The fourth-order valence-electron chi connectivity index (χ4n) is 2.19. The summed E-state index contributed by atoms with van der Waals surface area (Å²) in [5, 5.41) is 3.90. The first kappa shape index (κ1) is 10.9. The minimum Gasteiger partial charge on any atom is -0.331 e. The molecule has 2 heterocycles. The summed E-state index contributed by atoms with van der Waals surface area (Å²) in [7, 11) is -1.01. The van der Waals surface area contributed by atoms with Crippen LogP contribution >= 0.6 is 0 Å². The lowest BCUT2D eigenvalue weighted by Crippen LogP contribution is -2.15. The average Bonchev–Trinajstić information content (AvgIpc) is 2.96. The summed E-state index contributed by atoms with van der Waals surface area (Å²) in [6.07, 6.45) is 1.12. The number of para-hydroxylation sites is 2. The van der Waals surface area contributed by atoms with Crippen molar-refractivity contribution in [3.05, 3.63) is 24.3 Å². The van der Waals surface area contributed by atoms with Crippen molar-refractivity contribution in [1.82, 2.24) is 15.3 Å². The first-order valence-corrected chi connectivity index (χ1v) is 7.18. The molecule has 5 heteroatoms. The maximum Gasteiger partial charge on any atom is 0.197 e. The molecule has 0 radical (unpaired) electrons. The van der Waals surface area contributed by atoms with E-state index in [1.807, 2.05) is 24.3 Å². The summed E-state index contributed by atoms with van der Waals surface area (Å²) < 4.78 is 12.2. The highest BCUT2D eigenvalue weighted by Gasteiger charge is 2.19. The van der Waals surface area contributed by atoms with Crippen LogP contribution in [-0.2, 0) is 10.8 Å². The molecule has 4 nitrogen and oxygen atoms in total. The fourth-order valence-corrected chi connectivity index (χ4v) is 3.48. The number of aromatic amines is 1. The second-order valence-electron chi connectivity index (χ2n) is 4.43. The smallest absolute Gasteiger partial charge is 0.197 e. The fraction of sp³-hybridized carbons (Fsp3) is 0.417. The predicted octanol–water partition coefficient (Wildman–Crippen LogP) is 1.28. The lowest BCUT2D eigenvalue weighted by atomic mass is 10.2. The maximum atomic E-state index is 12.2. The Balaban J connectivity index is 1.80. The second-order valence-corrected chi connectivity index (χ2v) is 5.84. The number of nitrogens with zero attached hydrogens (tertiary/aromatic N) is 1. The first-order valence-electron chi connectivity index (χ1n) is 5.87. The summed E-state index contributed by atoms with van der Waals surface area (Å²) in [6, 6.07) is 7.79. The van der Waals surface area contributed by atoms with E-state index in [1.54, 1.807) is 0 Å². The Kier molecular flexibility index (Phi) is 2.94. The average molecular weight is 249 g/mol. The standard InChI is InChI=1S/C12H15N3OS/c16-17(8-9-5-6-13-7-9)12-14-10-3-1-2-4-11(10)15-12/h1-4,9,13H,5-8H2,(H,14,15)/t9-,17+/m1/s1. The lowest BCUT2D eigenvalue weighted by Gasteiger charge is -2.05. The molecule has 1 aromatic carbocycles. The number of H-pyrrole nitrogens is 1. The van der Waals surface area contributed by atoms with Crippen LogP contribution < -0.4 is 5.32 Å². The molecule has 1 aliphatic rings. The van der Waals surface area contributed by atoms with E-state index in [0.717, 1.165) is 30.5 Å². The number of rotatable bonds is 3. The van der Waals surface area contributed by atoms with Gasteiger partial charge >= 0.3 is 0 Å². The quantitative estimate of drug-likeness (QED) is 0.861. The molecule has 0 aliphatic carbocycles. The van der Waals surface area contributed by atoms with Gasteiger partial charge in [0.15, 0.2) is 5.16 Å². The second kappa shape index (κ2) is 4.58. The van der Waals surface area contributed by atoms with E-state index in [2.05, 4.69) is 15.3 Å². The molecule has 2 N–H and O–H groups in total. The van der Waals surface area contributed by atoms with Gasteiger partial charge in [-0.1, -0.05) is 12.1 Å². The summed E-state index contributed by atoms with van der Waals surface area (Å²) >= 11 is 0. The van der Waals surface area contributed by atoms with Crippen molar-refractivity contribution >= 4 is 21.8 Å². The number of fused-ring (bicyclic) bond motifs is 1. The van der Waals surface area contributed by atoms with Gasteiger partial charge in [-0.3, -0.25) is 4.21 Å².